The third-order valence-corrected chi connectivity index (χ3v) is 2.99. The monoisotopic (exact) mass is 272 g/mol. The van der Waals surface area contributed by atoms with Crippen LogP contribution in [0, 0.1) is 11.8 Å². The zero-order valence-corrected chi connectivity index (χ0v) is 11.1. The first-order valence-electron chi connectivity index (χ1n) is 6.46. The number of carbonyl (C=O) groups is 2. The van der Waals surface area contributed by atoms with Gasteiger partial charge in [-0.05, 0) is 30.7 Å². The topological polar surface area (TPSA) is 69.6 Å². The van der Waals surface area contributed by atoms with Crippen LogP contribution in [0.4, 0.5) is 5.69 Å². The Labute approximate surface area is 117 Å². The van der Waals surface area contributed by atoms with Crippen LogP contribution in [-0.4, -0.2) is 41.5 Å². The fourth-order valence-electron chi connectivity index (χ4n) is 2.02. The Hall–Kier alpha value is -2.32. The summed E-state index contributed by atoms with van der Waals surface area (Å²) in [7, 11) is 0. The second kappa shape index (κ2) is 6.73. The van der Waals surface area contributed by atoms with Gasteiger partial charge in [-0.3, -0.25) is 9.59 Å². The maximum absolute atomic E-state index is 11.8. The van der Waals surface area contributed by atoms with Crippen molar-refractivity contribution >= 4 is 17.5 Å². The summed E-state index contributed by atoms with van der Waals surface area (Å²) in [4.78, 5) is 24.8. The highest BCUT2D eigenvalue weighted by Crippen LogP contribution is 2.11. The van der Waals surface area contributed by atoms with E-state index < -0.39 is 0 Å². The van der Waals surface area contributed by atoms with Gasteiger partial charge in [0.15, 0.2) is 0 Å². The van der Waals surface area contributed by atoms with Crippen molar-refractivity contribution in [3.63, 3.8) is 0 Å². The third-order valence-electron chi connectivity index (χ3n) is 2.99. The molecule has 0 bridgehead atoms. The Kier molecular flexibility index (Phi) is 4.75. The Morgan fingerprint density at radius 2 is 2.10 bits per heavy atom. The zero-order chi connectivity index (χ0) is 14.4. The van der Waals surface area contributed by atoms with Crippen molar-refractivity contribution in [3.8, 4) is 11.8 Å². The molecule has 1 aromatic rings. The molecule has 2 N–H and O–H groups in total. The molecule has 5 heteroatoms. The molecule has 1 aliphatic heterocycles. The Morgan fingerprint density at radius 1 is 1.35 bits per heavy atom. The fourth-order valence-corrected chi connectivity index (χ4v) is 2.02. The summed E-state index contributed by atoms with van der Waals surface area (Å²) in [5, 5.41) is 11.3. The first kappa shape index (κ1) is 14.1. The van der Waals surface area contributed by atoms with E-state index in [0.717, 1.165) is 12.0 Å². The average molecular weight is 272 g/mol. The maximum Gasteiger partial charge on any atom is 0.243 e. The molecule has 104 valence electrons. The predicted molar refractivity (Wildman–Crippen MR) is 74.8 cm³/mol. The molecule has 0 radical (unpaired) electrons. The SMILES string of the molecule is O=C(CN1CCCC1=O)Nc1ccc(C#CCO)cc1. The van der Waals surface area contributed by atoms with Crippen LogP contribution in [0.15, 0.2) is 24.3 Å². The largest absolute Gasteiger partial charge is 0.384 e. The van der Waals surface area contributed by atoms with Gasteiger partial charge in [0.2, 0.25) is 11.8 Å². The molecule has 1 fully saturated rings. The molecule has 0 aliphatic carbocycles. The van der Waals surface area contributed by atoms with Crippen LogP contribution in [0.3, 0.4) is 0 Å². The van der Waals surface area contributed by atoms with Gasteiger partial charge < -0.3 is 15.3 Å². The quantitative estimate of drug-likeness (QED) is 0.791. The van der Waals surface area contributed by atoms with Crippen LogP contribution in [-0.2, 0) is 9.59 Å². The number of carbonyl (C=O) groups excluding carboxylic acids is 2. The van der Waals surface area contributed by atoms with Gasteiger partial charge in [-0.1, -0.05) is 11.8 Å². The highest BCUT2D eigenvalue weighted by Gasteiger charge is 2.22. The molecule has 0 spiro atoms. The number of nitrogens with one attached hydrogen (secondary N) is 1. The maximum atomic E-state index is 11.8. The van der Waals surface area contributed by atoms with E-state index in [0.29, 0.717) is 18.7 Å². The normalized spacial score (nSPS) is 13.8. The Morgan fingerprint density at radius 3 is 2.70 bits per heavy atom. The highest BCUT2D eigenvalue weighted by molar-refractivity contribution is 5.94. The molecule has 1 aliphatic rings. The lowest BCUT2D eigenvalue weighted by molar-refractivity contribution is -0.131. The summed E-state index contributed by atoms with van der Waals surface area (Å²) >= 11 is 0. The molecule has 20 heavy (non-hydrogen) atoms. The number of rotatable bonds is 3. The van der Waals surface area contributed by atoms with Gasteiger partial charge in [-0.2, -0.15) is 0 Å². The van der Waals surface area contributed by atoms with Gasteiger partial charge in [-0.15, -0.1) is 0 Å². The number of anilines is 1. The Balaban J connectivity index is 1.89. The molecule has 2 rings (SSSR count). The van der Waals surface area contributed by atoms with Crippen LogP contribution in [0.2, 0.25) is 0 Å². The summed E-state index contributed by atoms with van der Waals surface area (Å²) in [5.41, 5.74) is 1.43. The van der Waals surface area contributed by atoms with E-state index in [1.807, 2.05) is 0 Å². The van der Waals surface area contributed by atoms with Gasteiger partial charge >= 0.3 is 0 Å². The standard InChI is InChI=1S/C15H16N2O3/c18-10-2-3-12-5-7-13(8-6-12)16-14(19)11-17-9-1-4-15(17)20/h5-8,18H,1,4,9-11H2,(H,16,19). The molecule has 2 amide bonds. The van der Waals surface area contributed by atoms with E-state index in [4.69, 9.17) is 5.11 Å². The molecule has 0 aromatic heterocycles. The van der Waals surface area contributed by atoms with Gasteiger partial charge in [-0.25, -0.2) is 0 Å². The summed E-state index contributed by atoms with van der Waals surface area (Å²) in [6, 6.07) is 7.01. The van der Waals surface area contributed by atoms with E-state index in [1.54, 1.807) is 29.2 Å². The first-order valence-corrected chi connectivity index (χ1v) is 6.46. The summed E-state index contributed by atoms with van der Waals surface area (Å²) in [6.45, 7) is 0.579. The summed E-state index contributed by atoms with van der Waals surface area (Å²) < 4.78 is 0. The number of amides is 2. The van der Waals surface area contributed by atoms with Gasteiger partial charge in [0.25, 0.3) is 0 Å². The molecular formula is C15H16N2O3. The number of aliphatic hydroxyl groups is 1. The summed E-state index contributed by atoms with van der Waals surface area (Å²) in [5.74, 6) is 5.16. The van der Waals surface area contributed by atoms with E-state index in [-0.39, 0.29) is 25.0 Å². The minimum Gasteiger partial charge on any atom is -0.384 e. The molecule has 0 saturated carbocycles. The number of aliphatic hydroxyl groups excluding tert-OH is 1. The third kappa shape index (κ3) is 3.84. The second-order valence-corrected chi connectivity index (χ2v) is 4.50. The van der Waals surface area contributed by atoms with Crippen LogP contribution >= 0.6 is 0 Å². The minimum atomic E-state index is -0.200. The molecule has 1 saturated heterocycles. The number of hydrogen-bond acceptors (Lipinski definition) is 3. The molecule has 5 nitrogen and oxygen atoms in total. The predicted octanol–water partition coefficient (Wildman–Crippen LogP) is 0.591. The number of benzene rings is 1. The molecule has 0 unspecified atom stereocenters. The van der Waals surface area contributed by atoms with Crippen molar-refractivity contribution in [2.75, 3.05) is 25.0 Å². The lowest BCUT2D eigenvalue weighted by Gasteiger charge is -2.14. The van der Waals surface area contributed by atoms with E-state index >= 15 is 0 Å². The average Bonchev–Trinajstić information content (AvgIpc) is 2.83. The zero-order valence-electron chi connectivity index (χ0n) is 11.1. The second-order valence-electron chi connectivity index (χ2n) is 4.50. The smallest absolute Gasteiger partial charge is 0.243 e. The van der Waals surface area contributed by atoms with Crippen molar-refractivity contribution < 1.29 is 14.7 Å². The number of nitrogens with zero attached hydrogens (tertiary/aromatic N) is 1. The van der Waals surface area contributed by atoms with Crippen LogP contribution < -0.4 is 5.32 Å². The first-order chi connectivity index (χ1) is 9.69. The van der Waals surface area contributed by atoms with Gasteiger partial charge in [0, 0.05) is 24.2 Å². The lowest BCUT2D eigenvalue weighted by Crippen LogP contribution is -2.33. The van der Waals surface area contributed by atoms with E-state index in [9.17, 15) is 9.59 Å². The minimum absolute atomic E-state index is 0.0368. The number of likely N-dealkylation sites (tertiary alicyclic amines) is 1. The van der Waals surface area contributed by atoms with Crippen molar-refractivity contribution in [3.05, 3.63) is 29.8 Å². The fraction of sp³-hybridized carbons (Fsp3) is 0.333. The van der Waals surface area contributed by atoms with Crippen molar-refractivity contribution in [1.29, 1.82) is 0 Å². The van der Waals surface area contributed by atoms with Crippen molar-refractivity contribution in [1.82, 2.24) is 4.90 Å². The van der Waals surface area contributed by atoms with E-state index in [2.05, 4.69) is 17.2 Å². The molecule has 0 atom stereocenters. The molecular weight excluding hydrogens is 256 g/mol. The van der Waals surface area contributed by atoms with E-state index in [1.165, 1.54) is 0 Å². The Bertz CT molecular complexity index is 555. The van der Waals surface area contributed by atoms with Crippen molar-refractivity contribution in [2.45, 2.75) is 12.8 Å². The highest BCUT2D eigenvalue weighted by atomic mass is 16.2. The molecule has 1 aromatic carbocycles. The lowest BCUT2D eigenvalue weighted by atomic mass is 10.2. The van der Waals surface area contributed by atoms with Crippen LogP contribution in [0.5, 0.6) is 0 Å². The summed E-state index contributed by atoms with van der Waals surface area (Å²) in [6.07, 6.45) is 1.36. The molecule has 1 heterocycles. The van der Waals surface area contributed by atoms with Crippen LogP contribution in [0.25, 0.3) is 0 Å². The van der Waals surface area contributed by atoms with Crippen molar-refractivity contribution in [2.24, 2.45) is 0 Å². The van der Waals surface area contributed by atoms with Gasteiger partial charge in [0.05, 0.1) is 6.54 Å². The van der Waals surface area contributed by atoms with Crippen LogP contribution in [0.1, 0.15) is 18.4 Å². The number of hydrogen-bond donors (Lipinski definition) is 2. The van der Waals surface area contributed by atoms with Gasteiger partial charge in [0.1, 0.15) is 6.61 Å².